The largest absolute Gasteiger partial charge is 0.389 e. The third-order valence-electron chi connectivity index (χ3n) is 8.08. The van der Waals surface area contributed by atoms with Gasteiger partial charge in [-0.1, -0.05) is 57.6 Å². The highest BCUT2D eigenvalue weighted by Crippen LogP contribution is 2.43. The maximum absolute atomic E-state index is 12.4. The number of hydrogen-bond acceptors (Lipinski definition) is 8. The Morgan fingerprint density at radius 2 is 1.73 bits per heavy atom. The van der Waals surface area contributed by atoms with Crippen LogP contribution in [-0.2, 0) is 28.6 Å². The predicted octanol–water partition coefficient (Wildman–Crippen LogP) is 2.46. The van der Waals surface area contributed by atoms with Crippen LogP contribution < -0.4 is 16.0 Å². The van der Waals surface area contributed by atoms with E-state index in [0.29, 0.717) is 39.0 Å². The maximum atomic E-state index is 12.4. The SMILES string of the molecule is CC.CCC(=O)NCCNC(=O)C[C@@H]1CC2(CO2)[C@H](O)C(/C=C/C(C)=C/CC2OC(C)C(NC(=O)/C=C\C(C)O)CC2C)O1. The Kier molecular flexibility index (Phi) is 15.7. The first-order valence-electron chi connectivity index (χ1n) is 16.1. The van der Waals surface area contributed by atoms with Gasteiger partial charge >= 0.3 is 0 Å². The topological polar surface area (TPSA) is 159 Å². The highest BCUT2D eigenvalue weighted by atomic mass is 16.6. The van der Waals surface area contributed by atoms with E-state index < -0.39 is 30.0 Å². The van der Waals surface area contributed by atoms with Crippen molar-refractivity contribution in [1.29, 1.82) is 0 Å². The van der Waals surface area contributed by atoms with Crippen LogP contribution in [0, 0.1) is 5.92 Å². The molecular formula is C33H55N3O8. The van der Waals surface area contributed by atoms with Crippen molar-refractivity contribution in [2.24, 2.45) is 5.92 Å². The van der Waals surface area contributed by atoms with E-state index in [-0.39, 0.29) is 48.3 Å². The summed E-state index contributed by atoms with van der Waals surface area (Å²) in [7, 11) is 0. The van der Waals surface area contributed by atoms with E-state index in [9.17, 15) is 24.6 Å². The van der Waals surface area contributed by atoms with Gasteiger partial charge in [-0.2, -0.15) is 0 Å². The van der Waals surface area contributed by atoms with Crippen molar-refractivity contribution < 1.29 is 38.8 Å². The molecule has 44 heavy (non-hydrogen) atoms. The fourth-order valence-corrected chi connectivity index (χ4v) is 5.40. The van der Waals surface area contributed by atoms with Gasteiger partial charge in [0.2, 0.25) is 17.7 Å². The first kappa shape index (κ1) is 37.6. The molecule has 3 aliphatic rings. The maximum Gasteiger partial charge on any atom is 0.244 e. The standard InChI is InChI=1S/C31H49N3O8.C2H6/c1-6-27(36)32-13-14-33-29(38)16-23-17-31(18-40-31)30(39)26(42-23)11-8-19(2)7-10-25-20(3)15-24(22(5)41-25)34-28(37)12-9-21(4)35;1-2/h7-9,11-12,20-26,30,35,39H,6,10,13-18H2,1-5H3,(H,32,36)(H,33,38)(H,34,37);1-2H3/b11-8+,12-9-,19-7+;/t20?,21?,22?,23-,24?,25?,26?,30-,31?;/m1./s1. The molecule has 7 unspecified atom stereocenters. The fourth-order valence-electron chi connectivity index (χ4n) is 5.40. The van der Waals surface area contributed by atoms with E-state index in [1.807, 2.05) is 39.8 Å². The molecule has 3 rings (SSSR count). The average molecular weight is 622 g/mol. The summed E-state index contributed by atoms with van der Waals surface area (Å²) in [6.45, 7) is 14.6. The third-order valence-corrected chi connectivity index (χ3v) is 8.08. The van der Waals surface area contributed by atoms with Crippen molar-refractivity contribution in [1.82, 2.24) is 16.0 Å². The van der Waals surface area contributed by atoms with Gasteiger partial charge in [-0.05, 0) is 39.5 Å². The average Bonchev–Trinajstić information content (AvgIpc) is 3.76. The quantitative estimate of drug-likeness (QED) is 0.0908. The van der Waals surface area contributed by atoms with Gasteiger partial charge in [-0.15, -0.1) is 0 Å². The van der Waals surface area contributed by atoms with Crippen molar-refractivity contribution in [3.63, 3.8) is 0 Å². The van der Waals surface area contributed by atoms with Crippen LogP contribution >= 0.6 is 0 Å². The molecule has 0 saturated carbocycles. The Morgan fingerprint density at radius 3 is 2.34 bits per heavy atom. The molecule has 3 saturated heterocycles. The number of amides is 3. The van der Waals surface area contributed by atoms with Crippen LogP contribution in [0.25, 0.3) is 0 Å². The van der Waals surface area contributed by atoms with E-state index in [1.165, 1.54) is 12.2 Å². The number of carbonyl (C=O) groups excluding carboxylic acids is 3. The highest BCUT2D eigenvalue weighted by molar-refractivity contribution is 5.87. The zero-order valence-electron chi connectivity index (χ0n) is 27.5. The monoisotopic (exact) mass is 621 g/mol. The number of aliphatic hydroxyl groups is 2. The number of epoxide rings is 1. The lowest BCUT2D eigenvalue weighted by molar-refractivity contribution is -0.145. The molecule has 5 N–H and O–H groups in total. The van der Waals surface area contributed by atoms with Gasteiger partial charge in [0.25, 0.3) is 0 Å². The molecule has 3 amide bonds. The summed E-state index contributed by atoms with van der Waals surface area (Å²) < 4.78 is 18.0. The lowest BCUT2D eigenvalue weighted by atomic mass is 9.87. The molecule has 0 bridgehead atoms. The van der Waals surface area contributed by atoms with Crippen LogP contribution in [0.2, 0.25) is 0 Å². The first-order valence-corrected chi connectivity index (χ1v) is 16.1. The molecule has 9 atom stereocenters. The summed E-state index contributed by atoms with van der Waals surface area (Å²) in [4.78, 5) is 35.9. The molecule has 250 valence electrons. The van der Waals surface area contributed by atoms with E-state index >= 15 is 0 Å². The number of nitrogens with one attached hydrogen (secondary N) is 3. The van der Waals surface area contributed by atoms with Crippen molar-refractivity contribution in [2.45, 2.75) is 129 Å². The van der Waals surface area contributed by atoms with Gasteiger partial charge in [0, 0.05) is 32.0 Å². The molecule has 3 fully saturated rings. The molecule has 0 aromatic carbocycles. The van der Waals surface area contributed by atoms with Crippen LogP contribution in [0.15, 0.2) is 36.0 Å². The number of aliphatic hydroxyl groups excluding tert-OH is 2. The third kappa shape index (κ3) is 12.1. The van der Waals surface area contributed by atoms with Gasteiger partial charge in [-0.25, -0.2) is 0 Å². The van der Waals surface area contributed by atoms with Crippen molar-refractivity contribution >= 4 is 17.7 Å². The lowest BCUT2D eigenvalue weighted by Crippen LogP contribution is -2.51. The fraction of sp³-hybridized carbons (Fsp3) is 0.727. The Bertz CT molecular complexity index is 1020. The number of hydrogen-bond donors (Lipinski definition) is 5. The molecule has 1 spiro atoms. The highest BCUT2D eigenvalue weighted by Gasteiger charge is 2.58. The Balaban J connectivity index is 0.00000330. The Labute approximate surface area is 262 Å². The summed E-state index contributed by atoms with van der Waals surface area (Å²) in [6.07, 6.45) is 8.46. The molecule has 3 heterocycles. The number of rotatable bonds is 13. The normalized spacial score (nSPS) is 32.6. The van der Waals surface area contributed by atoms with Crippen LogP contribution in [0.4, 0.5) is 0 Å². The summed E-state index contributed by atoms with van der Waals surface area (Å²) in [5.41, 5.74) is 0.317. The van der Waals surface area contributed by atoms with Gasteiger partial charge in [0.15, 0.2) is 0 Å². The molecule has 3 aliphatic heterocycles. The van der Waals surface area contributed by atoms with Crippen LogP contribution in [0.3, 0.4) is 0 Å². The summed E-state index contributed by atoms with van der Waals surface area (Å²) in [6, 6.07) is -0.105. The molecule has 0 aromatic heterocycles. The zero-order valence-corrected chi connectivity index (χ0v) is 27.5. The number of ether oxygens (including phenoxy) is 3. The van der Waals surface area contributed by atoms with Crippen molar-refractivity contribution in [3.05, 3.63) is 36.0 Å². The number of allylic oxidation sites excluding steroid dienone is 2. The second-order valence-corrected chi connectivity index (χ2v) is 11.8. The minimum Gasteiger partial charge on any atom is -0.389 e. The van der Waals surface area contributed by atoms with E-state index in [0.717, 1.165) is 12.0 Å². The molecule has 11 heteroatoms. The van der Waals surface area contributed by atoms with Gasteiger partial charge < -0.3 is 40.4 Å². The molecule has 0 aromatic rings. The second kappa shape index (κ2) is 18.4. The summed E-state index contributed by atoms with van der Waals surface area (Å²) >= 11 is 0. The van der Waals surface area contributed by atoms with Gasteiger partial charge in [0.05, 0.1) is 43.5 Å². The Hall–Kier alpha value is -2.57. The predicted molar refractivity (Wildman–Crippen MR) is 169 cm³/mol. The summed E-state index contributed by atoms with van der Waals surface area (Å²) in [5.74, 6) is -0.252. The van der Waals surface area contributed by atoms with E-state index in [4.69, 9.17) is 14.2 Å². The van der Waals surface area contributed by atoms with Crippen LogP contribution in [0.5, 0.6) is 0 Å². The smallest absolute Gasteiger partial charge is 0.244 e. The van der Waals surface area contributed by atoms with Crippen molar-refractivity contribution in [3.8, 4) is 0 Å². The van der Waals surface area contributed by atoms with Crippen LogP contribution in [-0.4, -0.2) is 95.9 Å². The van der Waals surface area contributed by atoms with E-state index in [2.05, 4.69) is 29.0 Å². The van der Waals surface area contributed by atoms with Crippen molar-refractivity contribution in [2.75, 3.05) is 19.7 Å². The number of carbonyl (C=O) groups is 3. The van der Waals surface area contributed by atoms with E-state index in [1.54, 1.807) is 13.8 Å². The molecule has 0 radical (unpaired) electrons. The minimum atomic E-state index is -0.824. The Morgan fingerprint density at radius 1 is 1.07 bits per heavy atom. The molecule has 11 nitrogen and oxygen atoms in total. The zero-order chi connectivity index (χ0) is 32.9. The molecular weight excluding hydrogens is 566 g/mol. The first-order chi connectivity index (χ1) is 20.9. The molecule has 0 aliphatic carbocycles. The summed E-state index contributed by atoms with van der Waals surface area (Å²) in [5, 5.41) is 28.7. The van der Waals surface area contributed by atoms with Crippen LogP contribution in [0.1, 0.15) is 80.6 Å². The second-order valence-electron chi connectivity index (χ2n) is 11.8. The lowest BCUT2D eigenvalue weighted by Gasteiger charge is -2.39. The minimum absolute atomic E-state index is 0.00217. The van der Waals surface area contributed by atoms with Gasteiger partial charge in [-0.3, -0.25) is 14.4 Å². The van der Waals surface area contributed by atoms with Gasteiger partial charge in [0.1, 0.15) is 17.8 Å².